The van der Waals surface area contributed by atoms with Crippen molar-refractivity contribution in [3.63, 3.8) is 0 Å². The summed E-state index contributed by atoms with van der Waals surface area (Å²) in [6, 6.07) is 14.4. The molecule has 2 heterocycles. The number of carbonyl (C=O) groups excluding carboxylic acids is 2. The quantitative estimate of drug-likeness (QED) is 0.283. The molecule has 228 valence electrons. The Morgan fingerprint density at radius 3 is 2.41 bits per heavy atom. The number of hydrogen-bond donors (Lipinski definition) is 3. The maximum Gasteiger partial charge on any atom is 0.346 e. The lowest BCUT2D eigenvalue weighted by Crippen LogP contribution is -2.43. The molecule has 0 radical (unpaired) electrons. The molecule has 0 saturated carbocycles. The van der Waals surface area contributed by atoms with Crippen LogP contribution < -0.4 is 31.9 Å². The van der Waals surface area contributed by atoms with E-state index < -0.39 is 28.7 Å². The molecule has 0 unspecified atom stereocenters. The lowest BCUT2D eigenvalue weighted by atomic mass is 9.90. The van der Waals surface area contributed by atoms with Gasteiger partial charge in [-0.05, 0) is 65.4 Å². The van der Waals surface area contributed by atoms with Crippen molar-refractivity contribution in [3.05, 3.63) is 97.6 Å². The van der Waals surface area contributed by atoms with Gasteiger partial charge in [-0.25, -0.2) is 13.9 Å². The second kappa shape index (κ2) is 12.3. The third-order valence-corrected chi connectivity index (χ3v) is 7.97. The van der Waals surface area contributed by atoms with E-state index in [0.29, 0.717) is 35.5 Å². The number of nitrogens with zero attached hydrogens (tertiary/aromatic N) is 3. The number of benzene rings is 3. The van der Waals surface area contributed by atoms with Crippen molar-refractivity contribution >= 4 is 17.5 Å². The standard InChI is InChI=1S/C32H33FN6O5/c1-17-21(19-12-25(33)24(27(13-19)44-5)16-34-20-14-28(40)35-15-20)8-6-9-22(17)23-10-7-11-26(18(23)2)36-30(41)29-31(42)38(3)32(43)39(4)37-29/h6-13,20,34H,14-16H2,1-5H3,(H,35,40)(H,36,41)/t20-/m0/s1. The minimum Gasteiger partial charge on any atom is -0.496 e. The first-order valence-corrected chi connectivity index (χ1v) is 14.0. The van der Waals surface area contributed by atoms with E-state index in [0.717, 1.165) is 37.1 Å². The van der Waals surface area contributed by atoms with E-state index in [-0.39, 0.29) is 18.5 Å². The monoisotopic (exact) mass is 600 g/mol. The number of aromatic nitrogens is 3. The summed E-state index contributed by atoms with van der Waals surface area (Å²) in [6.45, 7) is 4.50. The Morgan fingerprint density at radius 2 is 1.73 bits per heavy atom. The highest BCUT2D eigenvalue weighted by molar-refractivity contribution is 6.03. The van der Waals surface area contributed by atoms with Crippen molar-refractivity contribution in [2.75, 3.05) is 19.0 Å². The van der Waals surface area contributed by atoms with E-state index in [1.165, 1.54) is 27.3 Å². The Labute approximate surface area is 252 Å². The number of carbonyl (C=O) groups is 2. The summed E-state index contributed by atoms with van der Waals surface area (Å²) in [7, 11) is 4.15. The highest BCUT2D eigenvalue weighted by Crippen LogP contribution is 2.37. The van der Waals surface area contributed by atoms with Gasteiger partial charge in [-0.2, -0.15) is 5.10 Å². The van der Waals surface area contributed by atoms with Crippen LogP contribution in [0.4, 0.5) is 10.1 Å². The highest BCUT2D eigenvalue weighted by Gasteiger charge is 2.23. The van der Waals surface area contributed by atoms with Crippen LogP contribution in [0.1, 0.15) is 33.6 Å². The molecule has 11 nitrogen and oxygen atoms in total. The average molecular weight is 601 g/mol. The zero-order valence-corrected chi connectivity index (χ0v) is 25.1. The number of amides is 2. The number of nitrogens with one attached hydrogen (secondary N) is 3. The van der Waals surface area contributed by atoms with Crippen LogP contribution in [0.15, 0.2) is 58.1 Å². The molecule has 0 spiro atoms. The van der Waals surface area contributed by atoms with Crippen molar-refractivity contribution in [2.45, 2.75) is 32.9 Å². The Hall–Kier alpha value is -5.10. The molecular formula is C32H33FN6O5. The maximum absolute atomic E-state index is 15.5. The maximum atomic E-state index is 15.5. The second-order valence-electron chi connectivity index (χ2n) is 10.8. The number of hydrogen-bond acceptors (Lipinski definition) is 7. The lowest BCUT2D eigenvalue weighted by molar-refractivity contribution is -0.119. The van der Waals surface area contributed by atoms with Crippen LogP contribution in [-0.4, -0.2) is 45.9 Å². The van der Waals surface area contributed by atoms with E-state index >= 15 is 4.39 Å². The molecule has 4 aromatic rings. The number of rotatable bonds is 8. The third-order valence-electron chi connectivity index (χ3n) is 7.97. The van der Waals surface area contributed by atoms with Crippen molar-refractivity contribution in [1.29, 1.82) is 0 Å². The Morgan fingerprint density at radius 1 is 1.05 bits per heavy atom. The van der Waals surface area contributed by atoms with Crippen molar-refractivity contribution in [1.82, 2.24) is 25.0 Å². The summed E-state index contributed by atoms with van der Waals surface area (Å²) >= 11 is 0. The van der Waals surface area contributed by atoms with Gasteiger partial charge < -0.3 is 20.7 Å². The molecule has 5 rings (SSSR count). The van der Waals surface area contributed by atoms with Gasteiger partial charge >= 0.3 is 5.69 Å². The lowest BCUT2D eigenvalue weighted by Gasteiger charge is -2.18. The summed E-state index contributed by atoms with van der Waals surface area (Å²) in [5.74, 6) is -0.794. The van der Waals surface area contributed by atoms with Crippen LogP contribution >= 0.6 is 0 Å². The second-order valence-corrected chi connectivity index (χ2v) is 10.8. The molecule has 1 atom stereocenters. The number of methoxy groups -OCH3 is 1. The molecule has 1 aromatic heterocycles. The molecule has 0 bridgehead atoms. The fourth-order valence-corrected chi connectivity index (χ4v) is 5.44. The van der Waals surface area contributed by atoms with Gasteiger partial charge in [0.1, 0.15) is 11.6 Å². The van der Waals surface area contributed by atoms with E-state index in [1.54, 1.807) is 18.2 Å². The Bertz CT molecular complexity index is 1910. The zero-order chi connectivity index (χ0) is 31.7. The van der Waals surface area contributed by atoms with Crippen molar-refractivity contribution in [2.24, 2.45) is 14.1 Å². The van der Waals surface area contributed by atoms with Crippen molar-refractivity contribution < 1.29 is 18.7 Å². The molecule has 1 aliphatic rings. The number of halogens is 1. The molecule has 3 N–H and O–H groups in total. The first kappa shape index (κ1) is 30.4. The van der Waals surface area contributed by atoms with E-state index in [2.05, 4.69) is 21.0 Å². The average Bonchev–Trinajstić information content (AvgIpc) is 3.43. The molecule has 1 fully saturated rings. The smallest absolute Gasteiger partial charge is 0.346 e. The van der Waals surface area contributed by atoms with Crippen LogP contribution in [0.25, 0.3) is 22.3 Å². The molecule has 2 amide bonds. The van der Waals surface area contributed by atoms with Crippen molar-refractivity contribution in [3.8, 4) is 28.0 Å². The minimum absolute atomic E-state index is 0.0316. The number of ether oxygens (including phenoxy) is 1. The fraction of sp³-hybridized carbons (Fsp3) is 0.281. The van der Waals surface area contributed by atoms with Gasteiger partial charge in [-0.3, -0.25) is 19.0 Å². The predicted octanol–water partition coefficient (Wildman–Crippen LogP) is 2.81. The predicted molar refractivity (Wildman–Crippen MR) is 164 cm³/mol. The van der Waals surface area contributed by atoms with Crippen LogP contribution in [0, 0.1) is 19.7 Å². The van der Waals surface area contributed by atoms with Crippen LogP contribution in [0.2, 0.25) is 0 Å². The fourth-order valence-electron chi connectivity index (χ4n) is 5.44. The number of anilines is 1. The van der Waals surface area contributed by atoms with Gasteiger partial charge in [0.05, 0.1) is 7.11 Å². The summed E-state index contributed by atoms with van der Waals surface area (Å²) in [5.41, 5.74) is 3.79. The largest absolute Gasteiger partial charge is 0.496 e. The first-order valence-electron chi connectivity index (χ1n) is 14.0. The van der Waals surface area contributed by atoms with Gasteiger partial charge in [0.25, 0.3) is 11.5 Å². The first-order chi connectivity index (χ1) is 21.0. The molecule has 1 aliphatic heterocycles. The van der Waals surface area contributed by atoms with Crippen LogP contribution in [0.3, 0.4) is 0 Å². The SMILES string of the molecule is COc1cc(-c2cccc(-c3cccc(NC(=O)c4nn(C)c(=O)n(C)c4=O)c3C)c2C)cc(F)c1CN[C@@H]1CNC(=O)C1. The summed E-state index contributed by atoms with van der Waals surface area (Å²) in [5, 5.41) is 12.6. The van der Waals surface area contributed by atoms with E-state index in [1.807, 2.05) is 38.1 Å². The summed E-state index contributed by atoms with van der Waals surface area (Å²) < 4.78 is 22.8. The topological polar surface area (TPSA) is 136 Å². The minimum atomic E-state index is -0.793. The van der Waals surface area contributed by atoms with Gasteiger partial charge in [0.15, 0.2) is 0 Å². The summed E-state index contributed by atoms with van der Waals surface area (Å²) in [4.78, 5) is 49.1. The molecule has 1 saturated heterocycles. The zero-order valence-electron chi connectivity index (χ0n) is 25.1. The van der Waals surface area contributed by atoms with Gasteiger partial charge in [-0.15, -0.1) is 0 Å². The molecule has 0 aliphatic carbocycles. The van der Waals surface area contributed by atoms with E-state index in [9.17, 15) is 19.2 Å². The molecule has 44 heavy (non-hydrogen) atoms. The van der Waals surface area contributed by atoms with Gasteiger partial charge in [0, 0.05) is 50.9 Å². The van der Waals surface area contributed by atoms with E-state index in [4.69, 9.17) is 4.74 Å². The van der Waals surface area contributed by atoms with Gasteiger partial charge in [-0.1, -0.05) is 30.3 Å². The Balaban J connectivity index is 1.46. The van der Waals surface area contributed by atoms with Crippen LogP contribution in [-0.2, 0) is 25.4 Å². The number of aryl methyl sites for hydroxylation is 1. The summed E-state index contributed by atoms with van der Waals surface area (Å²) in [6.07, 6.45) is 0.348. The molecular weight excluding hydrogens is 567 g/mol. The molecule has 12 heteroatoms. The van der Waals surface area contributed by atoms with Gasteiger partial charge in [0.2, 0.25) is 11.6 Å². The van der Waals surface area contributed by atoms with Crippen LogP contribution in [0.5, 0.6) is 5.75 Å². The highest BCUT2D eigenvalue weighted by atomic mass is 19.1. The molecule has 3 aromatic carbocycles. The normalized spacial score (nSPS) is 14.4. The third kappa shape index (κ3) is 5.76. The Kier molecular flexibility index (Phi) is 8.45.